The van der Waals surface area contributed by atoms with Crippen molar-refractivity contribution in [3.05, 3.63) is 24.3 Å². The van der Waals surface area contributed by atoms with E-state index in [1.165, 1.54) is 0 Å². The normalized spacial score (nSPS) is 23.1. The van der Waals surface area contributed by atoms with Gasteiger partial charge in [-0.25, -0.2) is 0 Å². The Hall–Kier alpha value is -1.58. The molecule has 4 heteroatoms. The van der Waals surface area contributed by atoms with E-state index < -0.39 is 0 Å². The maximum atomic E-state index is 11.6. The van der Waals surface area contributed by atoms with Gasteiger partial charge in [0.05, 0.1) is 0 Å². The van der Waals surface area contributed by atoms with Crippen LogP contribution < -0.4 is 10.6 Å². The molecule has 0 aromatic heterocycles. The Bertz CT molecular complexity index is 327. The fraction of sp³-hybridized carbons (Fsp3) is 0.600. The first-order valence-corrected chi connectivity index (χ1v) is 7.11. The fourth-order valence-corrected chi connectivity index (χ4v) is 2.22. The van der Waals surface area contributed by atoms with Gasteiger partial charge in [-0.05, 0) is 44.3 Å². The molecule has 0 radical (unpaired) electrons. The van der Waals surface area contributed by atoms with Gasteiger partial charge in [0.25, 0.3) is 0 Å². The van der Waals surface area contributed by atoms with Crippen LogP contribution in [0.4, 0.5) is 0 Å². The van der Waals surface area contributed by atoms with Crippen LogP contribution in [0.15, 0.2) is 24.3 Å². The van der Waals surface area contributed by atoms with Crippen LogP contribution in [0.5, 0.6) is 0 Å². The summed E-state index contributed by atoms with van der Waals surface area (Å²) in [5, 5.41) is 5.92. The van der Waals surface area contributed by atoms with Gasteiger partial charge in [-0.3, -0.25) is 9.59 Å². The van der Waals surface area contributed by atoms with Gasteiger partial charge in [-0.15, -0.1) is 0 Å². The Kier molecular flexibility index (Phi) is 6.93. The van der Waals surface area contributed by atoms with E-state index in [0.29, 0.717) is 0 Å². The number of amides is 2. The molecule has 0 aromatic rings. The second-order valence-electron chi connectivity index (χ2n) is 4.78. The number of allylic oxidation sites excluding steroid dienone is 2. The lowest BCUT2D eigenvalue weighted by Crippen LogP contribution is -2.47. The maximum Gasteiger partial charge on any atom is 0.243 e. The smallest absolute Gasteiger partial charge is 0.243 e. The van der Waals surface area contributed by atoms with Crippen LogP contribution in [0.3, 0.4) is 0 Å². The molecule has 0 spiro atoms. The highest BCUT2D eigenvalue weighted by Gasteiger charge is 2.28. The van der Waals surface area contributed by atoms with Crippen molar-refractivity contribution >= 4 is 11.8 Å². The predicted octanol–water partition coefficient (Wildman–Crippen LogP) is 2.07. The Balaban J connectivity index is 2.45. The SMILES string of the molecule is CCC=CC(=O)NC1CCCC1NC(=O)C=CCC. The summed E-state index contributed by atoms with van der Waals surface area (Å²) in [6.07, 6.45) is 11.4. The zero-order valence-electron chi connectivity index (χ0n) is 11.8. The van der Waals surface area contributed by atoms with Crippen LogP contribution in [-0.2, 0) is 9.59 Å². The summed E-state index contributed by atoms with van der Waals surface area (Å²) in [4.78, 5) is 23.3. The summed E-state index contributed by atoms with van der Waals surface area (Å²) in [6.45, 7) is 3.98. The van der Waals surface area contributed by atoms with Crippen molar-refractivity contribution in [2.24, 2.45) is 0 Å². The average Bonchev–Trinajstić information content (AvgIpc) is 2.81. The van der Waals surface area contributed by atoms with E-state index in [0.717, 1.165) is 32.1 Å². The first kappa shape index (κ1) is 15.5. The summed E-state index contributed by atoms with van der Waals surface area (Å²) >= 11 is 0. The van der Waals surface area contributed by atoms with Gasteiger partial charge in [0.2, 0.25) is 11.8 Å². The average molecular weight is 264 g/mol. The minimum absolute atomic E-state index is 0.0491. The molecule has 2 atom stereocenters. The Morgan fingerprint density at radius 1 is 0.947 bits per heavy atom. The van der Waals surface area contributed by atoms with E-state index in [4.69, 9.17) is 0 Å². The minimum Gasteiger partial charge on any atom is -0.348 e. The quantitative estimate of drug-likeness (QED) is 0.722. The van der Waals surface area contributed by atoms with Crippen LogP contribution in [0.25, 0.3) is 0 Å². The molecule has 106 valence electrons. The van der Waals surface area contributed by atoms with Crippen LogP contribution >= 0.6 is 0 Å². The zero-order valence-corrected chi connectivity index (χ0v) is 11.8. The van der Waals surface area contributed by atoms with Crippen molar-refractivity contribution in [1.29, 1.82) is 0 Å². The Labute approximate surface area is 115 Å². The molecule has 2 N–H and O–H groups in total. The van der Waals surface area contributed by atoms with Crippen molar-refractivity contribution in [1.82, 2.24) is 10.6 Å². The van der Waals surface area contributed by atoms with Gasteiger partial charge in [-0.1, -0.05) is 26.0 Å². The van der Waals surface area contributed by atoms with Gasteiger partial charge in [0.15, 0.2) is 0 Å². The molecular formula is C15H24N2O2. The molecule has 4 nitrogen and oxygen atoms in total. The van der Waals surface area contributed by atoms with Crippen molar-refractivity contribution < 1.29 is 9.59 Å². The first-order chi connectivity index (χ1) is 9.17. The van der Waals surface area contributed by atoms with E-state index in [2.05, 4.69) is 10.6 Å². The van der Waals surface area contributed by atoms with Crippen molar-refractivity contribution in [2.45, 2.75) is 58.0 Å². The van der Waals surface area contributed by atoms with E-state index in [1.54, 1.807) is 12.2 Å². The van der Waals surface area contributed by atoms with Gasteiger partial charge in [0, 0.05) is 12.1 Å². The van der Waals surface area contributed by atoms with Crippen LogP contribution in [0.1, 0.15) is 46.0 Å². The number of nitrogens with one attached hydrogen (secondary N) is 2. The lowest BCUT2D eigenvalue weighted by molar-refractivity contribution is -0.119. The maximum absolute atomic E-state index is 11.6. The van der Waals surface area contributed by atoms with Gasteiger partial charge in [-0.2, -0.15) is 0 Å². The third-order valence-corrected chi connectivity index (χ3v) is 3.18. The van der Waals surface area contributed by atoms with Crippen LogP contribution in [-0.4, -0.2) is 23.9 Å². The summed E-state index contributed by atoms with van der Waals surface area (Å²) in [5.41, 5.74) is 0. The van der Waals surface area contributed by atoms with Gasteiger partial charge in [0.1, 0.15) is 0 Å². The largest absolute Gasteiger partial charge is 0.348 e. The second kappa shape index (κ2) is 8.51. The van der Waals surface area contributed by atoms with Crippen LogP contribution in [0.2, 0.25) is 0 Å². The van der Waals surface area contributed by atoms with E-state index in [-0.39, 0.29) is 23.9 Å². The number of carbonyl (C=O) groups is 2. The molecule has 0 aliphatic heterocycles. The monoisotopic (exact) mass is 264 g/mol. The summed E-state index contributed by atoms with van der Waals surface area (Å²) in [5.74, 6) is -0.144. The Morgan fingerprint density at radius 3 is 1.74 bits per heavy atom. The standard InChI is InChI=1S/C15H24N2O2/c1-3-5-10-14(18)16-12-8-7-9-13(12)17-15(19)11-6-4-2/h5-6,10-13H,3-4,7-9H2,1-2H3,(H,16,18)(H,17,19). The van der Waals surface area contributed by atoms with Crippen molar-refractivity contribution in [2.75, 3.05) is 0 Å². The summed E-state index contributed by atoms with van der Waals surface area (Å²) < 4.78 is 0. The third kappa shape index (κ3) is 5.73. The minimum atomic E-state index is -0.0721. The molecular weight excluding hydrogens is 240 g/mol. The summed E-state index contributed by atoms with van der Waals surface area (Å²) in [6, 6.07) is 0.0981. The number of hydrogen-bond donors (Lipinski definition) is 2. The molecule has 1 fully saturated rings. The highest BCUT2D eigenvalue weighted by molar-refractivity contribution is 5.89. The highest BCUT2D eigenvalue weighted by Crippen LogP contribution is 2.19. The third-order valence-electron chi connectivity index (χ3n) is 3.18. The highest BCUT2D eigenvalue weighted by atomic mass is 16.2. The number of carbonyl (C=O) groups excluding carboxylic acids is 2. The summed E-state index contributed by atoms with van der Waals surface area (Å²) in [7, 11) is 0. The molecule has 0 aromatic carbocycles. The number of hydrogen-bond acceptors (Lipinski definition) is 2. The van der Waals surface area contributed by atoms with E-state index in [9.17, 15) is 9.59 Å². The van der Waals surface area contributed by atoms with Gasteiger partial charge >= 0.3 is 0 Å². The molecule has 0 heterocycles. The lowest BCUT2D eigenvalue weighted by Gasteiger charge is -2.21. The molecule has 1 aliphatic carbocycles. The molecule has 2 amide bonds. The van der Waals surface area contributed by atoms with Gasteiger partial charge < -0.3 is 10.6 Å². The van der Waals surface area contributed by atoms with E-state index in [1.807, 2.05) is 26.0 Å². The Morgan fingerprint density at radius 2 is 1.37 bits per heavy atom. The molecule has 0 bridgehead atoms. The van der Waals surface area contributed by atoms with Crippen LogP contribution in [0, 0.1) is 0 Å². The topological polar surface area (TPSA) is 58.2 Å². The molecule has 1 aliphatic rings. The molecule has 2 unspecified atom stereocenters. The first-order valence-electron chi connectivity index (χ1n) is 7.11. The van der Waals surface area contributed by atoms with Crippen molar-refractivity contribution in [3.63, 3.8) is 0 Å². The molecule has 1 saturated carbocycles. The fourth-order valence-electron chi connectivity index (χ4n) is 2.22. The zero-order chi connectivity index (χ0) is 14.1. The molecule has 1 rings (SSSR count). The number of rotatable bonds is 6. The lowest BCUT2D eigenvalue weighted by atomic mass is 10.1. The van der Waals surface area contributed by atoms with E-state index >= 15 is 0 Å². The molecule has 19 heavy (non-hydrogen) atoms. The van der Waals surface area contributed by atoms with Crippen molar-refractivity contribution in [3.8, 4) is 0 Å². The predicted molar refractivity (Wildman–Crippen MR) is 76.6 cm³/mol. The second-order valence-corrected chi connectivity index (χ2v) is 4.78. The molecule has 0 saturated heterocycles.